The number of rotatable bonds is 3. The molecule has 20 heavy (non-hydrogen) atoms. The first-order valence-electron chi connectivity index (χ1n) is 5.94. The Hall–Kier alpha value is -1.62. The molecule has 1 atom stereocenters. The number of nitrogens with one attached hydrogen (secondary N) is 2. The molecule has 1 heterocycles. The molecule has 1 amide bonds. The van der Waals surface area contributed by atoms with E-state index in [-0.39, 0.29) is 21.4 Å². The van der Waals surface area contributed by atoms with E-state index in [9.17, 15) is 13.2 Å². The van der Waals surface area contributed by atoms with Gasteiger partial charge in [0, 0.05) is 6.54 Å². The van der Waals surface area contributed by atoms with Crippen LogP contribution in [-0.2, 0) is 14.8 Å². The summed E-state index contributed by atoms with van der Waals surface area (Å²) in [4.78, 5) is 11.4. The molecule has 8 heteroatoms. The van der Waals surface area contributed by atoms with Crippen molar-refractivity contribution < 1.29 is 13.2 Å². The van der Waals surface area contributed by atoms with E-state index in [0.29, 0.717) is 19.4 Å². The van der Waals surface area contributed by atoms with Gasteiger partial charge in [0.25, 0.3) is 0 Å². The number of halogens is 1. The zero-order chi connectivity index (χ0) is 14.8. The summed E-state index contributed by atoms with van der Waals surface area (Å²) in [5.74, 6) is -0.343. The molecule has 1 aromatic rings. The van der Waals surface area contributed by atoms with Crippen molar-refractivity contribution in [3.8, 4) is 6.07 Å². The van der Waals surface area contributed by atoms with Crippen LogP contribution in [0, 0.1) is 11.3 Å². The van der Waals surface area contributed by atoms with Gasteiger partial charge in [0.2, 0.25) is 15.9 Å². The fraction of sp³-hybridized carbons (Fsp3) is 0.333. The van der Waals surface area contributed by atoms with E-state index < -0.39 is 16.1 Å². The predicted molar refractivity (Wildman–Crippen MR) is 72.5 cm³/mol. The van der Waals surface area contributed by atoms with Gasteiger partial charge in [0.15, 0.2) is 0 Å². The second-order valence-electron chi connectivity index (χ2n) is 4.36. The summed E-state index contributed by atoms with van der Waals surface area (Å²) in [6.45, 7) is 0.550. The lowest BCUT2D eigenvalue weighted by atomic mass is 10.1. The molecule has 106 valence electrons. The van der Waals surface area contributed by atoms with Crippen molar-refractivity contribution in [2.24, 2.45) is 0 Å². The number of amides is 1. The van der Waals surface area contributed by atoms with Crippen LogP contribution in [0.4, 0.5) is 0 Å². The fourth-order valence-corrected chi connectivity index (χ4v) is 3.70. The van der Waals surface area contributed by atoms with E-state index in [1.54, 1.807) is 0 Å². The highest BCUT2D eigenvalue weighted by molar-refractivity contribution is 7.89. The number of nitrogens with zero attached hydrogens (tertiary/aromatic N) is 1. The highest BCUT2D eigenvalue weighted by Gasteiger charge is 2.28. The number of hydrogen-bond donors (Lipinski definition) is 2. The van der Waals surface area contributed by atoms with Crippen LogP contribution in [0.3, 0.4) is 0 Å². The van der Waals surface area contributed by atoms with Crippen molar-refractivity contribution in [1.82, 2.24) is 10.0 Å². The molecule has 1 saturated heterocycles. The molecule has 0 aliphatic carbocycles. The van der Waals surface area contributed by atoms with E-state index in [4.69, 9.17) is 16.9 Å². The highest BCUT2D eigenvalue weighted by atomic mass is 35.5. The third kappa shape index (κ3) is 3.10. The molecule has 2 rings (SSSR count). The van der Waals surface area contributed by atoms with E-state index in [1.165, 1.54) is 18.2 Å². The second-order valence-corrected chi connectivity index (χ2v) is 6.45. The second kappa shape index (κ2) is 5.79. The Labute approximate surface area is 121 Å². The number of carbonyl (C=O) groups excluding carboxylic acids is 1. The van der Waals surface area contributed by atoms with Crippen LogP contribution in [0.1, 0.15) is 18.4 Å². The monoisotopic (exact) mass is 313 g/mol. The van der Waals surface area contributed by atoms with Crippen LogP contribution in [0.15, 0.2) is 23.1 Å². The summed E-state index contributed by atoms with van der Waals surface area (Å²) >= 11 is 5.88. The summed E-state index contributed by atoms with van der Waals surface area (Å²) in [5.41, 5.74) is 0.268. The van der Waals surface area contributed by atoms with E-state index in [0.717, 1.165) is 0 Å². The molecule has 0 spiro atoms. The summed E-state index contributed by atoms with van der Waals surface area (Å²) in [5, 5.41) is 11.3. The molecule has 6 nitrogen and oxygen atoms in total. The maximum absolute atomic E-state index is 12.2. The predicted octanol–water partition coefficient (Wildman–Crippen LogP) is 0.769. The van der Waals surface area contributed by atoms with Gasteiger partial charge in [-0.2, -0.15) is 9.98 Å². The van der Waals surface area contributed by atoms with Crippen LogP contribution in [0.2, 0.25) is 5.02 Å². The molecule has 0 radical (unpaired) electrons. The van der Waals surface area contributed by atoms with Crippen LogP contribution in [0.5, 0.6) is 0 Å². The van der Waals surface area contributed by atoms with E-state index >= 15 is 0 Å². The van der Waals surface area contributed by atoms with Crippen LogP contribution in [-0.4, -0.2) is 26.9 Å². The highest BCUT2D eigenvalue weighted by Crippen LogP contribution is 2.23. The molecule has 1 aliphatic heterocycles. The van der Waals surface area contributed by atoms with Gasteiger partial charge in [-0.3, -0.25) is 4.79 Å². The summed E-state index contributed by atoms with van der Waals surface area (Å²) < 4.78 is 26.7. The quantitative estimate of drug-likeness (QED) is 0.861. The van der Waals surface area contributed by atoms with Crippen LogP contribution < -0.4 is 10.0 Å². The molecule has 1 aromatic carbocycles. The smallest absolute Gasteiger partial charge is 0.242 e. The van der Waals surface area contributed by atoms with Gasteiger partial charge in [0.05, 0.1) is 16.7 Å². The zero-order valence-electron chi connectivity index (χ0n) is 10.4. The number of benzene rings is 1. The zero-order valence-corrected chi connectivity index (χ0v) is 12.0. The lowest BCUT2D eigenvalue weighted by molar-refractivity contribution is -0.124. The first-order chi connectivity index (χ1) is 9.44. The average Bonchev–Trinajstić information content (AvgIpc) is 2.40. The lowest BCUT2D eigenvalue weighted by Gasteiger charge is -2.22. The Balaban J connectivity index is 2.26. The minimum absolute atomic E-state index is 0.0484. The Morgan fingerprint density at radius 1 is 1.45 bits per heavy atom. The summed E-state index contributed by atoms with van der Waals surface area (Å²) in [6, 6.07) is 4.97. The molecular formula is C12H12ClN3O3S. The Bertz CT molecular complexity index is 682. The summed E-state index contributed by atoms with van der Waals surface area (Å²) in [6.07, 6.45) is 1.15. The van der Waals surface area contributed by atoms with Crippen molar-refractivity contribution in [2.75, 3.05) is 6.54 Å². The molecule has 2 N–H and O–H groups in total. The lowest BCUT2D eigenvalue weighted by Crippen LogP contribution is -2.50. The van der Waals surface area contributed by atoms with Crippen molar-refractivity contribution in [3.05, 3.63) is 28.8 Å². The average molecular weight is 314 g/mol. The fourth-order valence-electron chi connectivity index (χ4n) is 1.92. The van der Waals surface area contributed by atoms with Gasteiger partial charge in [-0.05, 0) is 31.0 Å². The standard InChI is InChI=1S/C12H12ClN3O3S/c13-9-6-8(7-14)3-4-11(9)20(18,19)16-10-2-1-5-15-12(10)17/h3-4,6,10,16H,1-2,5H2,(H,15,17)/t10-/m1/s1. The van der Waals surface area contributed by atoms with Crippen molar-refractivity contribution in [2.45, 2.75) is 23.8 Å². The maximum atomic E-state index is 12.2. The number of carbonyl (C=O) groups is 1. The minimum atomic E-state index is -3.90. The van der Waals surface area contributed by atoms with Crippen LogP contribution >= 0.6 is 11.6 Å². The van der Waals surface area contributed by atoms with Gasteiger partial charge in [0.1, 0.15) is 10.9 Å². The topological polar surface area (TPSA) is 99.1 Å². The molecular weight excluding hydrogens is 302 g/mol. The molecule has 0 aromatic heterocycles. The van der Waals surface area contributed by atoms with E-state index in [1.807, 2.05) is 6.07 Å². The first-order valence-corrected chi connectivity index (χ1v) is 7.80. The molecule has 0 bridgehead atoms. The van der Waals surface area contributed by atoms with Gasteiger partial charge < -0.3 is 5.32 Å². The SMILES string of the molecule is N#Cc1ccc(S(=O)(=O)N[C@@H]2CCCNC2=O)c(Cl)c1. The number of hydrogen-bond acceptors (Lipinski definition) is 4. The number of nitriles is 1. The molecule has 1 fully saturated rings. The Morgan fingerprint density at radius 3 is 2.80 bits per heavy atom. The van der Waals surface area contributed by atoms with Gasteiger partial charge in [-0.1, -0.05) is 11.6 Å². The number of piperidine rings is 1. The largest absolute Gasteiger partial charge is 0.355 e. The van der Waals surface area contributed by atoms with Crippen molar-refractivity contribution in [1.29, 1.82) is 5.26 Å². The summed E-state index contributed by atoms with van der Waals surface area (Å²) in [7, 11) is -3.90. The molecule has 0 saturated carbocycles. The van der Waals surface area contributed by atoms with Crippen molar-refractivity contribution in [3.63, 3.8) is 0 Å². The van der Waals surface area contributed by atoms with Crippen LogP contribution in [0.25, 0.3) is 0 Å². The third-order valence-corrected chi connectivity index (χ3v) is 4.89. The molecule has 1 aliphatic rings. The maximum Gasteiger partial charge on any atom is 0.242 e. The van der Waals surface area contributed by atoms with Gasteiger partial charge in [-0.15, -0.1) is 0 Å². The third-order valence-electron chi connectivity index (χ3n) is 2.93. The normalized spacial score (nSPS) is 19.2. The van der Waals surface area contributed by atoms with Gasteiger partial charge >= 0.3 is 0 Å². The Morgan fingerprint density at radius 2 is 2.20 bits per heavy atom. The van der Waals surface area contributed by atoms with Gasteiger partial charge in [-0.25, -0.2) is 8.42 Å². The first kappa shape index (κ1) is 14.8. The number of sulfonamides is 1. The Kier molecular flexibility index (Phi) is 4.28. The van der Waals surface area contributed by atoms with E-state index in [2.05, 4.69) is 10.0 Å². The molecule has 0 unspecified atom stereocenters. The van der Waals surface area contributed by atoms with Crippen molar-refractivity contribution >= 4 is 27.5 Å². The minimum Gasteiger partial charge on any atom is -0.355 e.